The van der Waals surface area contributed by atoms with E-state index in [4.69, 9.17) is 14.9 Å². The van der Waals surface area contributed by atoms with Crippen molar-refractivity contribution in [1.82, 2.24) is 15.0 Å². The molecule has 1 aliphatic rings. The van der Waals surface area contributed by atoms with Gasteiger partial charge in [0.25, 0.3) is 5.71 Å². The van der Waals surface area contributed by atoms with Crippen LogP contribution in [-0.4, -0.2) is 37.9 Å². The summed E-state index contributed by atoms with van der Waals surface area (Å²) in [6.07, 6.45) is 3.98. The third kappa shape index (κ3) is 3.40. The van der Waals surface area contributed by atoms with Crippen molar-refractivity contribution >= 4 is 16.7 Å². The lowest BCUT2D eigenvalue weighted by atomic mass is 9.71. The molecule has 4 aromatic rings. The molecule has 5 rings (SSSR count). The molecule has 0 radical (unpaired) electrons. The van der Waals surface area contributed by atoms with Gasteiger partial charge in [-0.25, -0.2) is 4.39 Å². The number of fused-ring (bicyclic) bond motifs is 1. The van der Waals surface area contributed by atoms with E-state index in [9.17, 15) is 10.4 Å². The number of nitrogens with zero attached hydrogens (tertiary/aromatic N) is 4. The first-order valence-electron chi connectivity index (χ1n) is 10.6. The van der Waals surface area contributed by atoms with Crippen LogP contribution in [0.15, 0.2) is 103 Å². The first-order chi connectivity index (χ1) is 16.5. The van der Waals surface area contributed by atoms with E-state index in [2.05, 4.69) is 0 Å². The van der Waals surface area contributed by atoms with Crippen LogP contribution >= 0.6 is 0 Å². The number of hydrogen-bond acceptors (Lipinski definition) is 5. The number of halogens is 1. The average molecular weight is 456 g/mol. The van der Waals surface area contributed by atoms with Crippen LogP contribution in [0.3, 0.4) is 0 Å². The second-order valence-electron chi connectivity index (χ2n) is 7.90. The van der Waals surface area contributed by atoms with Crippen molar-refractivity contribution in [3.63, 3.8) is 0 Å². The summed E-state index contributed by atoms with van der Waals surface area (Å²) >= 11 is 0. The molecule has 0 amide bonds. The van der Waals surface area contributed by atoms with Gasteiger partial charge in [0, 0.05) is 17.1 Å². The van der Waals surface area contributed by atoms with Crippen LogP contribution in [0.1, 0.15) is 11.1 Å². The highest BCUT2D eigenvalue weighted by Crippen LogP contribution is 2.46. The molecule has 0 bridgehead atoms. The Labute approximate surface area is 194 Å². The summed E-state index contributed by atoms with van der Waals surface area (Å²) < 4.78 is 21.2. The normalized spacial score (nSPS) is 18.9. The number of methoxy groups -OCH3 is 1. The van der Waals surface area contributed by atoms with Gasteiger partial charge >= 0.3 is 0 Å². The summed E-state index contributed by atoms with van der Waals surface area (Å²) in [5.74, 6) is -0.889. The standard InChI is InChI=1S/C26H21FN4O3/c1-34-21-14-11-19(12-15-21)26(18-7-3-2-4-8-18,22-16-13-20(30(32)33)17-23(22)27)31-28-24-9-5-6-10-25(24)29-31/h2-17,22H,1H3,(H,32,33). The molecule has 0 aliphatic heterocycles. The van der Waals surface area contributed by atoms with Crippen molar-refractivity contribution in [3.05, 3.63) is 119 Å². The number of rotatable bonds is 5. The Balaban J connectivity index is 1.86. The highest BCUT2D eigenvalue weighted by molar-refractivity contribution is 6.01. The number of benzene rings is 3. The molecular weight excluding hydrogens is 435 g/mol. The molecule has 3 aromatic carbocycles. The highest BCUT2D eigenvalue weighted by Gasteiger charge is 2.48. The van der Waals surface area contributed by atoms with Crippen molar-refractivity contribution in [2.75, 3.05) is 7.11 Å². The van der Waals surface area contributed by atoms with Gasteiger partial charge in [0.05, 0.1) is 13.0 Å². The minimum absolute atomic E-state index is 0.205. The Hall–Kier alpha value is -4.46. The van der Waals surface area contributed by atoms with E-state index in [0.29, 0.717) is 22.3 Å². The van der Waals surface area contributed by atoms with Crippen LogP contribution in [-0.2, 0) is 5.54 Å². The van der Waals surface area contributed by atoms with Crippen LogP contribution in [0.2, 0.25) is 0 Å². The lowest BCUT2D eigenvalue weighted by molar-refractivity contribution is -0.725. The Morgan fingerprint density at radius 3 is 2.09 bits per heavy atom. The molecule has 1 heterocycles. The van der Waals surface area contributed by atoms with Crippen LogP contribution < -0.4 is 4.74 Å². The van der Waals surface area contributed by atoms with E-state index in [-0.39, 0.29) is 10.6 Å². The molecule has 1 aliphatic carbocycles. The van der Waals surface area contributed by atoms with Gasteiger partial charge < -0.3 is 9.94 Å². The van der Waals surface area contributed by atoms with E-state index < -0.39 is 17.3 Å². The zero-order valence-electron chi connectivity index (χ0n) is 18.2. The van der Waals surface area contributed by atoms with Crippen molar-refractivity contribution in [2.45, 2.75) is 5.54 Å². The summed E-state index contributed by atoms with van der Waals surface area (Å²) in [7, 11) is 1.58. The summed E-state index contributed by atoms with van der Waals surface area (Å²) in [4.78, 5) is 1.18. The van der Waals surface area contributed by atoms with E-state index in [1.54, 1.807) is 25.3 Å². The van der Waals surface area contributed by atoms with Gasteiger partial charge in [0.15, 0.2) is 0 Å². The van der Waals surface area contributed by atoms with Crippen LogP contribution in [0, 0.1) is 11.1 Å². The zero-order chi connectivity index (χ0) is 23.7. The summed E-state index contributed by atoms with van der Waals surface area (Å²) in [5, 5.41) is 30.3. The van der Waals surface area contributed by atoms with Gasteiger partial charge in [-0.05, 0) is 35.4 Å². The zero-order valence-corrected chi connectivity index (χ0v) is 18.2. The van der Waals surface area contributed by atoms with Gasteiger partial charge in [0.2, 0.25) is 0 Å². The lowest BCUT2D eigenvalue weighted by Crippen LogP contribution is -2.45. The lowest BCUT2D eigenvalue weighted by Gasteiger charge is -2.39. The van der Waals surface area contributed by atoms with Gasteiger partial charge in [-0.3, -0.25) is 5.21 Å². The van der Waals surface area contributed by atoms with Crippen molar-refractivity contribution in [3.8, 4) is 5.75 Å². The number of aromatic nitrogens is 3. The molecule has 0 fully saturated rings. The van der Waals surface area contributed by atoms with Crippen LogP contribution in [0.25, 0.3) is 11.0 Å². The molecule has 7 nitrogen and oxygen atoms in total. The van der Waals surface area contributed by atoms with Gasteiger partial charge in [-0.1, -0.05) is 60.7 Å². The second kappa shape index (κ2) is 8.47. The number of allylic oxidation sites excluding steroid dienone is 4. The van der Waals surface area contributed by atoms with Gasteiger partial charge in [0.1, 0.15) is 28.1 Å². The molecule has 8 heteroatoms. The SMILES string of the molecule is COc1ccc(C(c2ccccc2)(C2C=C/C(=[N+](/[O-])O)C=C2F)n2nc3ccccc3n2)cc1. The maximum Gasteiger partial charge on any atom is 0.270 e. The van der Waals surface area contributed by atoms with E-state index in [1.807, 2.05) is 66.7 Å². The van der Waals surface area contributed by atoms with E-state index in [1.165, 1.54) is 10.9 Å². The summed E-state index contributed by atoms with van der Waals surface area (Å²) in [6, 6.07) is 24.1. The minimum atomic E-state index is -1.25. The fourth-order valence-electron chi connectivity index (χ4n) is 4.46. The van der Waals surface area contributed by atoms with Gasteiger partial charge in [-0.2, -0.15) is 15.0 Å². The van der Waals surface area contributed by atoms with E-state index >= 15 is 4.39 Å². The maximum atomic E-state index is 15.8. The molecule has 1 N–H and O–H groups in total. The predicted octanol–water partition coefficient (Wildman–Crippen LogP) is 4.61. The minimum Gasteiger partial charge on any atom is -0.497 e. The first-order valence-corrected chi connectivity index (χ1v) is 10.6. The van der Waals surface area contributed by atoms with Crippen LogP contribution in [0.4, 0.5) is 4.39 Å². The Bertz CT molecular complexity index is 1390. The molecule has 0 saturated carbocycles. The van der Waals surface area contributed by atoms with Gasteiger partial charge in [-0.15, -0.1) is 0 Å². The fourth-order valence-corrected chi connectivity index (χ4v) is 4.46. The average Bonchev–Trinajstić information content (AvgIpc) is 3.31. The molecule has 2 atom stereocenters. The summed E-state index contributed by atoms with van der Waals surface area (Å²) in [5.41, 5.74) is 1.32. The van der Waals surface area contributed by atoms with Crippen molar-refractivity contribution in [2.24, 2.45) is 5.92 Å². The Morgan fingerprint density at radius 1 is 0.941 bits per heavy atom. The molecule has 0 spiro atoms. The number of ether oxygens (including phenoxy) is 1. The van der Waals surface area contributed by atoms with Crippen molar-refractivity contribution < 1.29 is 19.2 Å². The molecule has 170 valence electrons. The smallest absolute Gasteiger partial charge is 0.270 e. The third-order valence-electron chi connectivity index (χ3n) is 6.06. The maximum absolute atomic E-state index is 15.8. The van der Waals surface area contributed by atoms with Crippen molar-refractivity contribution in [1.29, 1.82) is 0 Å². The van der Waals surface area contributed by atoms with E-state index in [0.717, 1.165) is 11.6 Å². The van der Waals surface area contributed by atoms with Crippen LogP contribution in [0.5, 0.6) is 5.75 Å². The topological polar surface area (TPSA) is 86.2 Å². The molecule has 0 saturated heterocycles. The predicted molar refractivity (Wildman–Crippen MR) is 125 cm³/mol. The second-order valence-corrected chi connectivity index (χ2v) is 7.90. The monoisotopic (exact) mass is 456 g/mol. The fraction of sp³-hybridized carbons (Fsp3) is 0.115. The highest BCUT2D eigenvalue weighted by atomic mass is 19.1. The molecule has 1 aromatic heterocycles. The summed E-state index contributed by atoms with van der Waals surface area (Å²) in [6.45, 7) is 0. The molecular formula is C26H21FN4O3. The largest absolute Gasteiger partial charge is 0.497 e. The molecule has 2 unspecified atom stereocenters. The Morgan fingerprint density at radius 2 is 1.53 bits per heavy atom. The number of hydrogen-bond donors (Lipinski definition) is 1. The Kier molecular flexibility index (Phi) is 5.33. The third-order valence-corrected chi connectivity index (χ3v) is 6.06. The molecule has 34 heavy (non-hydrogen) atoms. The first kappa shape index (κ1) is 21.4. The quantitative estimate of drug-likeness (QED) is 0.269.